The predicted octanol–water partition coefficient (Wildman–Crippen LogP) is 4.89. The van der Waals surface area contributed by atoms with Gasteiger partial charge in [-0.2, -0.15) is 4.98 Å². The van der Waals surface area contributed by atoms with Gasteiger partial charge in [0.15, 0.2) is 0 Å². The zero-order chi connectivity index (χ0) is 31.9. The molecule has 2 aromatic heterocycles. The van der Waals surface area contributed by atoms with E-state index in [4.69, 9.17) is 5.73 Å². The maximum Gasteiger partial charge on any atom is 0.354 e. The number of nitrogens with zero attached hydrogens (tertiary/aromatic N) is 5. The Morgan fingerprint density at radius 1 is 1.16 bits per heavy atom. The van der Waals surface area contributed by atoms with Crippen LogP contribution in [0.25, 0.3) is 27.7 Å². The average molecular weight is 619 g/mol. The molecule has 1 saturated heterocycles. The van der Waals surface area contributed by atoms with Crippen LogP contribution in [0.4, 0.5) is 14.6 Å². The lowest BCUT2D eigenvalue weighted by Crippen LogP contribution is -2.54. The summed E-state index contributed by atoms with van der Waals surface area (Å²) in [6.45, 7) is 10.3. The number of rotatable bonds is 7. The smallest absolute Gasteiger partial charge is 0.354 e. The second-order valence-corrected chi connectivity index (χ2v) is 11.7. The van der Waals surface area contributed by atoms with Crippen LogP contribution < -0.4 is 16.3 Å². The van der Waals surface area contributed by atoms with Gasteiger partial charge in [-0.15, -0.1) is 11.8 Å². The van der Waals surface area contributed by atoms with Gasteiger partial charge in [0.2, 0.25) is 11.8 Å². The molecule has 1 atom stereocenters. The Morgan fingerprint density at radius 2 is 1.91 bits per heavy atom. The lowest BCUT2D eigenvalue weighted by atomic mass is 9.96. The van der Waals surface area contributed by atoms with Gasteiger partial charge in [-0.05, 0) is 55.5 Å². The molecule has 9 nitrogen and oxygen atoms in total. The minimum atomic E-state index is -0.924. The highest BCUT2D eigenvalue weighted by Crippen LogP contribution is 2.38. The van der Waals surface area contributed by atoms with Crippen LogP contribution in [0.2, 0.25) is 0 Å². The second kappa shape index (κ2) is 12.2. The summed E-state index contributed by atoms with van der Waals surface area (Å²) < 4.78 is 32.8. The van der Waals surface area contributed by atoms with Crippen LogP contribution in [-0.2, 0) is 4.79 Å². The van der Waals surface area contributed by atoms with Gasteiger partial charge in [0.1, 0.15) is 17.5 Å². The summed E-state index contributed by atoms with van der Waals surface area (Å²) in [6.07, 6.45) is 4.78. The molecule has 228 valence electrons. The van der Waals surface area contributed by atoms with E-state index in [-0.39, 0.29) is 45.9 Å². The molecule has 44 heavy (non-hydrogen) atoms. The second-order valence-electron chi connectivity index (χ2n) is 10.9. The summed E-state index contributed by atoms with van der Waals surface area (Å²) in [6, 6.07) is 7.84. The lowest BCUT2D eigenvalue weighted by Gasteiger charge is -2.40. The van der Waals surface area contributed by atoms with Crippen molar-refractivity contribution in [1.29, 1.82) is 0 Å². The van der Waals surface area contributed by atoms with Crippen LogP contribution in [0.3, 0.4) is 0 Å². The molecule has 2 aromatic carbocycles. The maximum atomic E-state index is 16.1. The van der Waals surface area contributed by atoms with Gasteiger partial charge >= 0.3 is 5.69 Å². The number of nitrogens with two attached hydrogens (primary N) is 1. The van der Waals surface area contributed by atoms with Crippen molar-refractivity contribution in [1.82, 2.24) is 19.4 Å². The highest BCUT2D eigenvalue weighted by atomic mass is 32.2. The molecule has 0 unspecified atom stereocenters. The number of benzene rings is 2. The van der Waals surface area contributed by atoms with E-state index in [0.29, 0.717) is 36.4 Å². The van der Waals surface area contributed by atoms with Crippen molar-refractivity contribution in [2.45, 2.75) is 37.6 Å². The number of carbonyl (C=O) groups is 2. The molecule has 4 aromatic rings. The van der Waals surface area contributed by atoms with Crippen molar-refractivity contribution >= 4 is 40.3 Å². The first-order valence-corrected chi connectivity index (χ1v) is 15.3. The van der Waals surface area contributed by atoms with Crippen molar-refractivity contribution in [3.63, 3.8) is 0 Å². The lowest BCUT2D eigenvalue weighted by molar-refractivity contribution is -0.126. The number of carbonyl (C=O) groups excluding carboxylic acids is 2. The SMILES string of the molecule is C=CC(=O)N1CCN(c2nc(=O)n(-c3c(SC)ccnc3C(C)C)c3cc(-c4c(F)cccc4C(N)=O)c(F)cc23)[C@@H](C)C1. The topological polar surface area (TPSA) is 114 Å². The molecule has 1 aliphatic heterocycles. The number of halogens is 2. The Bertz CT molecular complexity index is 1880. The summed E-state index contributed by atoms with van der Waals surface area (Å²) in [5.41, 5.74) is 5.53. The molecule has 3 heterocycles. The summed E-state index contributed by atoms with van der Waals surface area (Å²) in [7, 11) is 0. The van der Waals surface area contributed by atoms with Crippen LogP contribution in [0, 0.1) is 11.6 Å². The standard InChI is InChI=1S/C32H32F2N6O3S/c1-6-26(41)38-12-13-39(18(4)16-38)31-21-14-23(34)20(27-19(30(35)42)8-7-9-22(27)33)15-24(21)40(32(43)37-31)29-25(44-5)10-11-36-28(29)17(2)3/h6-11,14-15,17-18H,1,12-13,16H2,2-5H3,(H2,35,42)/t18-/m0/s1. The molecule has 12 heteroatoms. The summed E-state index contributed by atoms with van der Waals surface area (Å²) >= 11 is 1.41. The molecule has 1 aliphatic rings. The van der Waals surface area contributed by atoms with E-state index in [1.807, 2.05) is 31.9 Å². The van der Waals surface area contributed by atoms with Gasteiger partial charge in [0.25, 0.3) is 0 Å². The highest BCUT2D eigenvalue weighted by molar-refractivity contribution is 7.98. The van der Waals surface area contributed by atoms with Crippen molar-refractivity contribution in [3.8, 4) is 16.8 Å². The number of hydrogen-bond donors (Lipinski definition) is 1. The third-order valence-electron chi connectivity index (χ3n) is 7.80. The van der Waals surface area contributed by atoms with E-state index in [9.17, 15) is 14.4 Å². The number of pyridine rings is 1. The Hall–Kier alpha value is -4.58. The number of anilines is 1. The van der Waals surface area contributed by atoms with Gasteiger partial charge in [0, 0.05) is 58.8 Å². The summed E-state index contributed by atoms with van der Waals surface area (Å²) in [4.78, 5) is 52.0. The molecule has 0 radical (unpaired) electrons. The normalized spacial score (nSPS) is 15.2. The minimum absolute atomic E-state index is 0.0952. The molecule has 1 fully saturated rings. The fourth-order valence-electron chi connectivity index (χ4n) is 5.72. The number of primary amides is 1. The Balaban J connectivity index is 1.87. The molecule has 2 N–H and O–H groups in total. The van der Waals surface area contributed by atoms with E-state index in [1.54, 1.807) is 17.2 Å². The first-order valence-electron chi connectivity index (χ1n) is 14.0. The van der Waals surface area contributed by atoms with Gasteiger partial charge in [0.05, 0.1) is 16.9 Å². The third kappa shape index (κ3) is 5.34. The van der Waals surface area contributed by atoms with Gasteiger partial charge in [-0.3, -0.25) is 19.1 Å². The van der Waals surface area contributed by atoms with E-state index in [0.717, 1.165) is 11.0 Å². The fraction of sp³-hybridized carbons (Fsp3) is 0.281. The maximum absolute atomic E-state index is 16.1. The minimum Gasteiger partial charge on any atom is -0.366 e. The van der Waals surface area contributed by atoms with E-state index in [1.165, 1.54) is 46.7 Å². The zero-order valence-electron chi connectivity index (χ0n) is 24.8. The highest BCUT2D eigenvalue weighted by Gasteiger charge is 2.31. The Labute approximate surface area is 257 Å². The number of hydrogen-bond acceptors (Lipinski definition) is 7. The van der Waals surface area contributed by atoms with E-state index in [2.05, 4.69) is 16.5 Å². The van der Waals surface area contributed by atoms with Crippen molar-refractivity contribution in [2.24, 2.45) is 5.73 Å². The third-order valence-corrected chi connectivity index (χ3v) is 8.57. The van der Waals surface area contributed by atoms with Crippen molar-refractivity contribution in [3.05, 3.63) is 88.6 Å². The number of piperazine rings is 1. The van der Waals surface area contributed by atoms with Crippen LogP contribution >= 0.6 is 11.8 Å². The predicted molar refractivity (Wildman–Crippen MR) is 168 cm³/mol. The molecule has 0 bridgehead atoms. The number of fused-ring (bicyclic) bond motifs is 1. The van der Waals surface area contributed by atoms with E-state index < -0.39 is 23.2 Å². The van der Waals surface area contributed by atoms with Gasteiger partial charge in [-0.1, -0.05) is 26.5 Å². The van der Waals surface area contributed by atoms with Crippen LogP contribution in [0.15, 0.2) is 64.9 Å². The Kier molecular flexibility index (Phi) is 8.55. The molecule has 0 saturated carbocycles. The summed E-state index contributed by atoms with van der Waals surface area (Å²) in [5.74, 6) is -2.67. The largest absolute Gasteiger partial charge is 0.366 e. The van der Waals surface area contributed by atoms with Crippen molar-refractivity contribution < 1.29 is 18.4 Å². The van der Waals surface area contributed by atoms with E-state index >= 15 is 8.78 Å². The molecule has 0 spiro atoms. The molecular formula is C32H32F2N6O3S. The monoisotopic (exact) mass is 618 g/mol. The molecule has 0 aliphatic carbocycles. The van der Waals surface area contributed by atoms with Gasteiger partial charge < -0.3 is 15.5 Å². The molecular weight excluding hydrogens is 586 g/mol. The van der Waals surface area contributed by atoms with Crippen molar-refractivity contribution in [2.75, 3.05) is 30.8 Å². The first kappa shape index (κ1) is 30.9. The van der Waals surface area contributed by atoms with Crippen LogP contribution in [-0.4, -0.2) is 63.2 Å². The van der Waals surface area contributed by atoms with Gasteiger partial charge in [-0.25, -0.2) is 13.6 Å². The number of aromatic nitrogens is 3. The van der Waals surface area contributed by atoms with Crippen LogP contribution in [0.1, 0.15) is 42.7 Å². The summed E-state index contributed by atoms with van der Waals surface area (Å²) in [5, 5.41) is 0.295. The fourth-order valence-corrected chi connectivity index (χ4v) is 6.31. The number of amides is 2. The molecule has 5 rings (SSSR count). The Morgan fingerprint density at radius 3 is 2.55 bits per heavy atom. The number of thioether (sulfide) groups is 1. The molecule has 2 amide bonds. The quantitative estimate of drug-likeness (QED) is 0.232. The average Bonchev–Trinajstić information content (AvgIpc) is 3.00. The van der Waals surface area contributed by atoms with Crippen LogP contribution in [0.5, 0.6) is 0 Å². The zero-order valence-corrected chi connectivity index (χ0v) is 25.6. The first-order chi connectivity index (χ1) is 21.0.